The molecule has 1 atom stereocenters. The van der Waals surface area contributed by atoms with Crippen molar-refractivity contribution in [2.45, 2.75) is 50.1 Å². The molecule has 3 aromatic heterocycles. The maximum Gasteiger partial charge on any atom is 0.290 e. The Morgan fingerprint density at radius 1 is 0.911 bits per heavy atom. The van der Waals surface area contributed by atoms with Crippen molar-refractivity contribution in [1.29, 1.82) is 0 Å². The van der Waals surface area contributed by atoms with E-state index in [2.05, 4.69) is 20.3 Å². The number of hydrogen-bond donors (Lipinski definition) is 2. The molecule has 1 aliphatic heterocycles. The van der Waals surface area contributed by atoms with Crippen LogP contribution in [0.15, 0.2) is 42.5 Å². The van der Waals surface area contributed by atoms with E-state index in [0.29, 0.717) is 29.0 Å². The molecule has 1 fully saturated rings. The standard InChI is InChI=1S/C36H31F9N8O2S/c1-51-6-8-52(9-7-51)34-49-33-25(56-34)15-21(18-2-3-23(39)22(13-18)32(46)55)28(48-33)24(12-17-10-19(37)14-20(38)11-17)47-26(54)16-53-30-27(29(50-53)31(40)41)35(42,43)4-5-36(30,44)45/h2-3,10-11,13-15,24,31H,4-9,12,16H2,1H3,(H2,46,55)(H,47,54)/t24-/m0/s1. The molecule has 2 aliphatic rings. The minimum Gasteiger partial charge on any atom is -0.366 e. The van der Waals surface area contributed by atoms with Crippen LogP contribution in [0, 0.1) is 17.5 Å². The summed E-state index contributed by atoms with van der Waals surface area (Å²) in [6, 6.07) is 6.08. The molecule has 1 saturated heterocycles. The molecule has 2 amide bonds. The molecule has 4 heterocycles. The van der Waals surface area contributed by atoms with Gasteiger partial charge in [0.25, 0.3) is 24.2 Å². The van der Waals surface area contributed by atoms with Crippen molar-refractivity contribution < 1.29 is 49.1 Å². The van der Waals surface area contributed by atoms with Gasteiger partial charge in [-0.15, -0.1) is 0 Å². The highest BCUT2D eigenvalue weighted by Gasteiger charge is 2.55. The van der Waals surface area contributed by atoms with Gasteiger partial charge in [0.15, 0.2) is 10.8 Å². The first kappa shape index (κ1) is 39.0. The summed E-state index contributed by atoms with van der Waals surface area (Å²) < 4.78 is 132. The smallest absolute Gasteiger partial charge is 0.290 e. The quantitative estimate of drug-likeness (QED) is 0.148. The molecule has 3 N–H and O–H groups in total. The molecule has 7 rings (SSSR count). The van der Waals surface area contributed by atoms with Crippen molar-refractivity contribution in [3.63, 3.8) is 0 Å². The Kier molecular flexibility index (Phi) is 10.2. The second-order valence-electron chi connectivity index (χ2n) is 13.7. The van der Waals surface area contributed by atoms with Crippen molar-refractivity contribution in [3.8, 4) is 11.1 Å². The second-order valence-corrected chi connectivity index (χ2v) is 14.7. The van der Waals surface area contributed by atoms with E-state index in [1.54, 1.807) is 6.07 Å². The molecule has 56 heavy (non-hydrogen) atoms. The third-order valence-electron chi connectivity index (χ3n) is 9.69. The van der Waals surface area contributed by atoms with E-state index in [1.165, 1.54) is 17.4 Å². The highest BCUT2D eigenvalue weighted by molar-refractivity contribution is 7.22. The molecular formula is C36H31F9N8O2S. The van der Waals surface area contributed by atoms with Gasteiger partial charge in [-0.05, 0) is 54.9 Å². The van der Waals surface area contributed by atoms with Gasteiger partial charge in [0, 0.05) is 50.7 Å². The van der Waals surface area contributed by atoms with Crippen LogP contribution in [0.1, 0.15) is 63.9 Å². The van der Waals surface area contributed by atoms with E-state index in [9.17, 15) is 40.3 Å². The summed E-state index contributed by atoms with van der Waals surface area (Å²) in [7, 11) is 1.97. The van der Waals surface area contributed by atoms with Gasteiger partial charge in [-0.3, -0.25) is 14.3 Å². The van der Waals surface area contributed by atoms with Gasteiger partial charge in [-0.25, -0.2) is 35.7 Å². The first-order chi connectivity index (χ1) is 26.4. The van der Waals surface area contributed by atoms with E-state index >= 15 is 8.78 Å². The number of rotatable bonds is 10. The van der Waals surface area contributed by atoms with Crippen molar-refractivity contribution in [2.75, 3.05) is 38.1 Å². The number of aromatic nitrogens is 4. The molecule has 20 heteroatoms. The minimum absolute atomic E-state index is 0.0309. The van der Waals surface area contributed by atoms with Crippen molar-refractivity contribution in [2.24, 2.45) is 5.73 Å². The van der Waals surface area contributed by atoms with Crippen LogP contribution in [0.3, 0.4) is 0 Å². The monoisotopic (exact) mass is 810 g/mol. The number of carbonyl (C=O) groups excluding carboxylic acids is 2. The fourth-order valence-corrected chi connectivity index (χ4v) is 7.97. The number of likely N-dealkylation sites (N-methyl/N-ethyl adjacent to an activating group) is 1. The van der Waals surface area contributed by atoms with Crippen LogP contribution in [0.25, 0.3) is 21.5 Å². The Labute approximate surface area is 316 Å². The summed E-state index contributed by atoms with van der Waals surface area (Å²) in [6.07, 6.45) is -6.95. The molecule has 2 aromatic carbocycles. The first-order valence-electron chi connectivity index (χ1n) is 17.1. The average molecular weight is 811 g/mol. The first-order valence-corrected chi connectivity index (χ1v) is 18.0. The number of benzene rings is 2. The van der Waals surface area contributed by atoms with Gasteiger partial charge >= 0.3 is 0 Å². The lowest BCUT2D eigenvalue weighted by Crippen LogP contribution is -2.44. The van der Waals surface area contributed by atoms with Crippen LogP contribution < -0.4 is 16.0 Å². The van der Waals surface area contributed by atoms with Crippen LogP contribution in [0.4, 0.5) is 44.6 Å². The number of halogens is 9. The maximum absolute atomic E-state index is 15.2. The minimum atomic E-state index is -4.09. The van der Waals surface area contributed by atoms with Gasteiger partial charge in [-0.2, -0.15) is 18.9 Å². The number of nitrogens with one attached hydrogen (secondary N) is 1. The van der Waals surface area contributed by atoms with Crippen LogP contribution >= 0.6 is 11.3 Å². The fourth-order valence-electron chi connectivity index (χ4n) is 6.97. The number of primary amides is 1. The van der Waals surface area contributed by atoms with E-state index in [4.69, 9.17) is 10.7 Å². The molecule has 296 valence electrons. The van der Waals surface area contributed by atoms with Crippen molar-refractivity contribution in [3.05, 3.63) is 93.7 Å². The van der Waals surface area contributed by atoms with Crippen molar-refractivity contribution >= 4 is 38.6 Å². The number of alkyl halides is 6. The number of hydrogen-bond acceptors (Lipinski definition) is 8. The number of carbonyl (C=O) groups is 2. The normalized spacial score (nSPS) is 17.3. The molecule has 0 radical (unpaired) electrons. The van der Waals surface area contributed by atoms with Crippen LogP contribution in [-0.2, 0) is 29.6 Å². The second kappa shape index (κ2) is 14.7. The summed E-state index contributed by atoms with van der Waals surface area (Å²) in [5.74, 6) is -13.4. The zero-order valence-electron chi connectivity index (χ0n) is 29.2. The fraction of sp³-hybridized carbons (Fsp3) is 0.361. The molecular weight excluding hydrogens is 779 g/mol. The number of thiazole rings is 1. The molecule has 0 bridgehead atoms. The van der Waals surface area contributed by atoms with E-state index in [1.807, 2.05) is 11.9 Å². The van der Waals surface area contributed by atoms with Gasteiger partial charge in [0.05, 0.1) is 27.6 Å². The zero-order chi connectivity index (χ0) is 40.3. The summed E-state index contributed by atoms with van der Waals surface area (Å²) >= 11 is 1.27. The number of amides is 2. The average Bonchev–Trinajstić information content (AvgIpc) is 3.73. The third-order valence-corrected chi connectivity index (χ3v) is 10.7. The Morgan fingerprint density at radius 2 is 1.59 bits per heavy atom. The van der Waals surface area contributed by atoms with Crippen LogP contribution in [-0.4, -0.2) is 69.7 Å². The predicted molar refractivity (Wildman–Crippen MR) is 186 cm³/mol. The third kappa shape index (κ3) is 7.63. The number of fused-ring (bicyclic) bond motifs is 2. The molecule has 0 unspecified atom stereocenters. The predicted octanol–water partition coefficient (Wildman–Crippen LogP) is 6.84. The number of nitrogens with zero attached hydrogens (tertiary/aromatic N) is 6. The summed E-state index contributed by atoms with van der Waals surface area (Å²) in [4.78, 5) is 39.5. The lowest BCUT2D eigenvalue weighted by molar-refractivity contribution is -0.123. The number of nitrogens with two attached hydrogens (primary N) is 1. The molecule has 5 aromatic rings. The van der Waals surface area contributed by atoms with Gasteiger partial charge in [0.1, 0.15) is 35.4 Å². The van der Waals surface area contributed by atoms with Crippen LogP contribution in [0.2, 0.25) is 0 Å². The number of pyridine rings is 1. The largest absolute Gasteiger partial charge is 0.366 e. The molecule has 0 spiro atoms. The van der Waals surface area contributed by atoms with E-state index in [-0.39, 0.29) is 32.7 Å². The summed E-state index contributed by atoms with van der Waals surface area (Å²) in [5, 5.41) is 6.45. The zero-order valence-corrected chi connectivity index (χ0v) is 30.1. The van der Waals surface area contributed by atoms with E-state index < -0.39 is 102 Å². The Bertz CT molecular complexity index is 2320. The maximum atomic E-state index is 15.2. The van der Waals surface area contributed by atoms with E-state index in [0.717, 1.165) is 37.4 Å². The molecule has 10 nitrogen and oxygen atoms in total. The number of anilines is 1. The Balaban J connectivity index is 1.36. The lowest BCUT2D eigenvalue weighted by Gasteiger charge is -2.31. The molecule has 1 aliphatic carbocycles. The topological polar surface area (TPSA) is 122 Å². The van der Waals surface area contributed by atoms with Gasteiger partial charge < -0.3 is 20.9 Å². The molecule has 0 saturated carbocycles. The number of piperazine rings is 1. The summed E-state index contributed by atoms with van der Waals surface area (Å²) in [6.45, 7) is 1.50. The SMILES string of the molecule is CN1CCN(c2nc3nc([C@H](Cc4cc(F)cc(F)c4)NC(=O)Cn4nc(C(F)F)c5c4C(F)(F)CCC5(F)F)c(-c4ccc(F)c(C(N)=O)c4)cc3s2)CC1. The Morgan fingerprint density at radius 3 is 2.25 bits per heavy atom. The highest BCUT2D eigenvalue weighted by atomic mass is 32.1. The Hall–Kier alpha value is -5.24. The lowest BCUT2D eigenvalue weighted by atomic mass is 9.89. The summed E-state index contributed by atoms with van der Waals surface area (Å²) in [5.41, 5.74) is 0.540. The van der Waals surface area contributed by atoms with Crippen LogP contribution in [0.5, 0.6) is 0 Å². The van der Waals surface area contributed by atoms with Gasteiger partial charge in [0.2, 0.25) is 5.91 Å². The van der Waals surface area contributed by atoms with Gasteiger partial charge in [-0.1, -0.05) is 17.4 Å². The van der Waals surface area contributed by atoms with Crippen molar-refractivity contribution in [1.82, 2.24) is 30.0 Å². The highest BCUT2D eigenvalue weighted by Crippen LogP contribution is 2.52.